The van der Waals surface area contributed by atoms with Crippen molar-refractivity contribution in [2.45, 2.75) is 199 Å². The van der Waals surface area contributed by atoms with Crippen LogP contribution < -0.4 is 54.0 Å². The largest absolute Gasteiger partial charge is 0.343 e. The number of hydrogen-bond donors (Lipinski definition) is 10. The van der Waals surface area contributed by atoms with Crippen molar-refractivity contribution >= 4 is 69.8 Å². The number of nitrogens with zero attached hydrogens (tertiary/aromatic N) is 5. The number of benzene rings is 3. The zero-order valence-electron chi connectivity index (χ0n) is 54.6. The summed E-state index contributed by atoms with van der Waals surface area (Å²) >= 11 is 0. The van der Waals surface area contributed by atoms with E-state index >= 15 is 4.79 Å². The Morgan fingerprint density at radius 3 is 1.39 bits per heavy atom. The molecular formula is C67H97N15O10. The number of nitrogens with two attached hydrogens (primary N) is 2. The maximum atomic E-state index is 15.3. The predicted octanol–water partition coefficient (Wildman–Crippen LogP) is 2.02. The molecule has 3 aliphatic heterocycles. The number of aromatic nitrogens is 3. The molecule has 3 saturated heterocycles. The van der Waals surface area contributed by atoms with Gasteiger partial charge in [-0.1, -0.05) is 133 Å². The molecule has 0 radical (unpaired) electrons. The molecule has 12 N–H and O–H groups in total. The van der Waals surface area contributed by atoms with Crippen LogP contribution in [-0.4, -0.2) is 170 Å². The molecule has 25 nitrogen and oxygen atoms in total. The SMILES string of the molecule is CC(C)C[C@@H]1NC(=O)[C@H](CCCN)NC(=O)[C@H](C(C)C)NC(=O)[C@@H]2CCCN2C(=O)[C@@H](Cc2cn(Cc3cccc4ccccc34)nn2)NC(=O)[C@H](CC(C)C)NC(=O)[C@@H](CCCN)NC(=O)[C@H](C(C)C)NC(=O)[C@@H]2CCCN2C(=O)[C@@H](Cc2ccccc2)NC1=O. The molecule has 1 aromatic heterocycles. The number of amides is 10. The first-order valence-electron chi connectivity index (χ1n) is 32.8. The quantitative estimate of drug-likeness (QED) is 0.0682. The van der Waals surface area contributed by atoms with Gasteiger partial charge in [0.25, 0.3) is 0 Å². The van der Waals surface area contributed by atoms with E-state index in [1.165, 1.54) is 9.80 Å². The van der Waals surface area contributed by atoms with Gasteiger partial charge in [0.15, 0.2) is 0 Å². The Morgan fingerprint density at radius 2 is 0.913 bits per heavy atom. The van der Waals surface area contributed by atoms with Crippen LogP contribution in [0.15, 0.2) is 79.0 Å². The van der Waals surface area contributed by atoms with Crippen molar-refractivity contribution in [3.63, 3.8) is 0 Å². The first-order valence-corrected chi connectivity index (χ1v) is 32.8. The lowest BCUT2D eigenvalue weighted by atomic mass is 9.99. The van der Waals surface area contributed by atoms with E-state index in [4.69, 9.17) is 11.5 Å². The fourth-order valence-electron chi connectivity index (χ4n) is 12.3. The Morgan fingerprint density at radius 1 is 0.478 bits per heavy atom. The van der Waals surface area contributed by atoms with Gasteiger partial charge in [-0.25, -0.2) is 4.68 Å². The van der Waals surface area contributed by atoms with Crippen molar-refractivity contribution in [1.82, 2.24) is 67.3 Å². The van der Waals surface area contributed by atoms with E-state index in [1.54, 1.807) is 62.8 Å². The van der Waals surface area contributed by atoms with Gasteiger partial charge in [-0.2, -0.15) is 0 Å². The van der Waals surface area contributed by atoms with E-state index in [1.807, 2.05) is 76.2 Å². The zero-order chi connectivity index (χ0) is 66.8. The molecule has 92 heavy (non-hydrogen) atoms. The van der Waals surface area contributed by atoms with Crippen LogP contribution in [-0.2, 0) is 67.3 Å². The summed E-state index contributed by atoms with van der Waals surface area (Å²) in [6, 6.07) is 10.7. The van der Waals surface area contributed by atoms with E-state index in [0.29, 0.717) is 30.6 Å². The van der Waals surface area contributed by atoms with Gasteiger partial charge >= 0.3 is 0 Å². The lowest BCUT2D eigenvalue weighted by molar-refractivity contribution is -0.143. The van der Waals surface area contributed by atoms with Gasteiger partial charge in [0, 0.05) is 32.1 Å². The highest BCUT2D eigenvalue weighted by atomic mass is 16.2. The molecule has 3 aliphatic rings. The molecular weight excluding hydrogens is 1170 g/mol. The van der Waals surface area contributed by atoms with E-state index in [2.05, 4.69) is 52.8 Å². The minimum atomic E-state index is -1.37. The molecule has 0 aliphatic carbocycles. The number of hydrogen-bond acceptors (Lipinski definition) is 14. The van der Waals surface area contributed by atoms with Crippen LogP contribution in [0.3, 0.4) is 0 Å². The summed E-state index contributed by atoms with van der Waals surface area (Å²) in [5, 5.41) is 33.8. The third-order valence-electron chi connectivity index (χ3n) is 17.2. The second-order valence-corrected chi connectivity index (χ2v) is 26.3. The first-order chi connectivity index (χ1) is 44.0. The average Bonchev–Trinajstić information content (AvgIpc) is 1.58. The van der Waals surface area contributed by atoms with E-state index in [-0.39, 0.29) is 102 Å². The number of fused-ring (bicyclic) bond motifs is 3. The topological polar surface area (TPSA) is 356 Å². The van der Waals surface area contributed by atoms with Crippen molar-refractivity contribution in [3.05, 3.63) is 95.8 Å². The molecule has 0 saturated carbocycles. The summed E-state index contributed by atoms with van der Waals surface area (Å²) in [6.45, 7) is 15.2. The minimum absolute atomic E-state index is 0.0179. The van der Waals surface area contributed by atoms with E-state index in [9.17, 15) is 43.2 Å². The normalized spacial score (nSPS) is 25.0. The molecule has 0 spiro atoms. The third kappa shape index (κ3) is 19.4. The fraction of sp³-hybridized carbons (Fsp3) is 0.582. The van der Waals surface area contributed by atoms with Crippen molar-refractivity contribution in [2.75, 3.05) is 26.2 Å². The third-order valence-corrected chi connectivity index (χ3v) is 17.2. The smallest absolute Gasteiger partial charge is 0.246 e. The van der Waals surface area contributed by atoms with Crippen LogP contribution in [0.1, 0.15) is 136 Å². The standard InChI is InChI=1S/C67H97N15O10/c1-39(2)33-50-60(85)74-52(35-43-19-10-9-11-20-43)66(91)81-31-17-27-54(81)62(87)76-56(41(5)6)64(89)71-49(26-16-30-69)59(84)73-51(34-40(3)4)61(86)75-53(36-46-38-80(79-78-46)37-45-23-14-22-44-21-12-13-24-47(44)45)67(92)82-32-18-28-55(82)63(88)77-57(42(7)8)65(90)70-48(25-15-29-68)58(83)72-50/h9-14,19-24,38-42,48-57H,15-18,25-37,68-69H2,1-8H3,(H,70,90)(H,71,89)(H,72,83)(H,73,84)(H,74,85)(H,75,86)(H,76,87)(H,77,88)/t48-,49+,50-,51-,52+,53+,54-,55-,56-,57-/m0/s1. The van der Waals surface area contributed by atoms with Crippen molar-refractivity contribution < 1.29 is 47.9 Å². The minimum Gasteiger partial charge on any atom is -0.343 e. The van der Waals surface area contributed by atoms with Crippen LogP contribution in [0.2, 0.25) is 0 Å². The average molecular weight is 1270 g/mol. The molecule has 4 heterocycles. The number of carbonyl (C=O) groups is 10. The maximum Gasteiger partial charge on any atom is 0.246 e. The summed E-state index contributed by atoms with van der Waals surface area (Å²) in [5.74, 6) is -8.16. The highest BCUT2D eigenvalue weighted by Crippen LogP contribution is 2.25. The van der Waals surface area contributed by atoms with Crippen LogP contribution in [0, 0.1) is 23.7 Å². The Bertz CT molecular complexity index is 3200. The van der Waals surface area contributed by atoms with Crippen molar-refractivity contribution in [2.24, 2.45) is 35.1 Å². The predicted molar refractivity (Wildman–Crippen MR) is 347 cm³/mol. The van der Waals surface area contributed by atoms with Gasteiger partial charge in [-0.3, -0.25) is 47.9 Å². The lowest BCUT2D eigenvalue weighted by Gasteiger charge is -2.33. The van der Waals surface area contributed by atoms with Crippen molar-refractivity contribution in [3.8, 4) is 0 Å². The number of carbonyl (C=O) groups excluding carboxylic acids is 10. The van der Waals surface area contributed by atoms with Gasteiger partial charge in [0.2, 0.25) is 59.1 Å². The summed E-state index contributed by atoms with van der Waals surface area (Å²) in [6.07, 6.45) is 3.65. The Kier molecular flexibility index (Phi) is 26.2. The molecule has 4 aromatic rings. The Hall–Kier alpha value is -8.32. The molecule has 10 atom stereocenters. The fourth-order valence-corrected chi connectivity index (χ4v) is 12.3. The van der Waals surface area contributed by atoms with Gasteiger partial charge < -0.3 is 63.8 Å². The molecule has 500 valence electrons. The number of rotatable bonds is 18. The number of nitrogens with one attached hydrogen (secondary N) is 8. The highest BCUT2D eigenvalue weighted by Gasteiger charge is 2.44. The molecule has 10 amide bonds. The van der Waals surface area contributed by atoms with Gasteiger partial charge in [-0.05, 0) is 123 Å². The molecule has 0 bridgehead atoms. The highest BCUT2D eigenvalue weighted by molar-refractivity contribution is 6.00. The monoisotopic (exact) mass is 1270 g/mol. The summed E-state index contributed by atoms with van der Waals surface area (Å²) in [5.41, 5.74) is 13.9. The Labute approximate surface area is 539 Å². The molecule has 0 unspecified atom stereocenters. The van der Waals surface area contributed by atoms with Gasteiger partial charge in [0.05, 0.1) is 12.2 Å². The van der Waals surface area contributed by atoms with Crippen LogP contribution in [0.25, 0.3) is 10.8 Å². The summed E-state index contributed by atoms with van der Waals surface area (Å²) in [7, 11) is 0. The molecule has 3 aromatic carbocycles. The molecule has 25 heteroatoms. The van der Waals surface area contributed by atoms with Gasteiger partial charge in [0.1, 0.15) is 60.4 Å². The van der Waals surface area contributed by atoms with E-state index in [0.717, 1.165) is 16.3 Å². The summed E-state index contributed by atoms with van der Waals surface area (Å²) in [4.78, 5) is 150. The lowest BCUT2D eigenvalue weighted by Crippen LogP contribution is -2.62. The zero-order valence-corrected chi connectivity index (χ0v) is 54.6. The molecule has 3 fully saturated rings. The van der Waals surface area contributed by atoms with E-state index < -0.39 is 131 Å². The Balaban J connectivity index is 1.26. The van der Waals surface area contributed by atoms with Crippen LogP contribution >= 0.6 is 0 Å². The second kappa shape index (κ2) is 33.8. The van der Waals surface area contributed by atoms with Crippen LogP contribution in [0.4, 0.5) is 0 Å². The van der Waals surface area contributed by atoms with Gasteiger partial charge in [-0.15, -0.1) is 5.10 Å². The first kappa shape index (κ1) is 71.1. The summed E-state index contributed by atoms with van der Waals surface area (Å²) < 4.78 is 1.63. The van der Waals surface area contributed by atoms with Crippen LogP contribution in [0.5, 0.6) is 0 Å². The second-order valence-electron chi connectivity index (χ2n) is 26.3. The van der Waals surface area contributed by atoms with Crippen molar-refractivity contribution in [1.29, 1.82) is 0 Å². The maximum absolute atomic E-state index is 15.3. The molecule has 7 rings (SSSR count).